The Morgan fingerprint density at radius 1 is 1.44 bits per heavy atom. The molecule has 0 bridgehead atoms. The van der Waals surface area contributed by atoms with Crippen molar-refractivity contribution in [2.45, 2.75) is 19.9 Å². The van der Waals surface area contributed by atoms with Crippen LogP contribution in [0.5, 0.6) is 0 Å². The largest absolute Gasteiger partial charge is 0.369 e. The first-order valence-electron chi connectivity index (χ1n) is 5.63. The molecule has 0 aliphatic carbocycles. The van der Waals surface area contributed by atoms with E-state index in [0.717, 1.165) is 11.1 Å². The molecule has 0 aliphatic rings. The van der Waals surface area contributed by atoms with Crippen LogP contribution in [-0.2, 0) is 16.4 Å². The number of nitrogens with two attached hydrogens (primary N) is 1. The Balaban J connectivity index is 2.25. The van der Waals surface area contributed by atoms with Gasteiger partial charge in [-0.3, -0.25) is 4.57 Å². The summed E-state index contributed by atoms with van der Waals surface area (Å²) in [6.45, 7) is 2.44. The predicted molar refractivity (Wildman–Crippen MR) is 71.0 cm³/mol. The molecule has 0 atom stereocenters. The van der Waals surface area contributed by atoms with E-state index in [2.05, 4.69) is 9.97 Å². The van der Waals surface area contributed by atoms with Gasteiger partial charge >= 0.3 is 0 Å². The molecule has 2 aromatic heterocycles. The van der Waals surface area contributed by atoms with Crippen LogP contribution in [0, 0.1) is 6.92 Å². The summed E-state index contributed by atoms with van der Waals surface area (Å²) in [5.41, 5.74) is 8.28. The Morgan fingerprint density at radius 3 is 2.83 bits per heavy atom. The van der Waals surface area contributed by atoms with E-state index in [1.807, 2.05) is 13.0 Å². The number of sulfone groups is 1. The zero-order valence-electron chi connectivity index (χ0n) is 10.4. The summed E-state index contributed by atoms with van der Waals surface area (Å²) < 4.78 is 23.9. The number of anilines is 1. The third-order valence-corrected chi connectivity index (χ3v) is 3.68. The van der Waals surface area contributed by atoms with Crippen molar-refractivity contribution in [3.05, 3.63) is 17.8 Å². The fourth-order valence-electron chi connectivity index (χ4n) is 1.83. The topological polar surface area (TPSA) is 90.9 Å². The van der Waals surface area contributed by atoms with Gasteiger partial charge in [0.25, 0.3) is 0 Å². The number of imidazole rings is 1. The monoisotopic (exact) mass is 268 g/mol. The standard InChI is InChI=1S/C11H16N4O2S/c1-8-6-9-10(13-7-8)15(11(12)14-9)4-3-5-18(2,16)17/h6-7H,3-5H2,1-2H3,(H2,12,14). The molecule has 2 rings (SSSR count). The van der Waals surface area contributed by atoms with Gasteiger partial charge in [-0.25, -0.2) is 18.4 Å². The van der Waals surface area contributed by atoms with Gasteiger partial charge in [0.05, 0.1) is 5.75 Å². The summed E-state index contributed by atoms with van der Waals surface area (Å²) in [5.74, 6) is 0.509. The third-order valence-electron chi connectivity index (χ3n) is 2.65. The number of nitrogen functional groups attached to an aromatic ring is 1. The molecule has 98 valence electrons. The maximum absolute atomic E-state index is 11.1. The highest BCUT2D eigenvalue weighted by atomic mass is 32.2. The van der Waals surface area contributed by atoms with E-state index in [9.17, 15) is 8.42 Å². The SMILES string of the molecule is Cc1cnc2c(c1)nc(N)n2CCCS(C)(=O)=O. The molecule has 7 heteroatoms. The molecule has 0 spiro atoms. The number of hydrogen-bond donors (Lipinski definition) is 1. The van der Waals surface area contributed by atoms with Crippen molar-refractivity contribution in [1.29, 1.82) is 0 Å². The van der Waals surface area contributed by atoms with Crippen molar-refractivity contribution in [3.63, 3.8) is 0 Å². The fraction of sp³-hybridized carbons (Fsp3) is 0.455. The first kappa shape index (κ1) is 12.8. The molecular formula is C11H16N4O2S. The molecule has 2 aromatic rings. The minimum absolute atomic E-state index is 0.137. The highest BCUT2D eigenvalue weighted by molar-refractivity contribution is 7.90. The summed E-state index contributed by atoms with van der Waals surface area (Å²) in [6, 6.07) is 1.91. The van der Waals surface area contributed by atoms with Gasteiger partial charge in [0, 0.05) is 19.0 Å². The van der Waals surface area contributed by atoms with Crippen molar-refractivity contribution in [1.82, 2.24) is 14.5 Å². The number of nitrogens with zero attached hydrogens (tertiary/aromatic N) is 3. The second-order valence-corrected chi connectivity index (χ2v) is 6.72. The molecule has 0 saturated heterocycles. The Labute approximate surface area is 106 Å². The Kier molecular flexibility index (Phi) is 3.25. The Morgan fingerprint density at radius 2 is 2.17 bits per heavy atom. The Bertz CT molecular complexity index is 676. The molecule has 6 nitrogen and oxygen atoms in total. The molecule has 2 heterocycles. The van der Waals surface area contributed by atoms with Crippen LogP contribution in [0.4, 0.5) is 5.95 Å². The van der Waals surface area contributed by atoms with Crippen LogP contribution in [0.1, 0.15) is 12.0 Å². The van der Waals surface area contributed by atoms with E-state index >= 15 is 0 Å². The van der Waals surface area contributed by atoms with E-state index in [-0.39, 0.29) is 5.75 Å². The second-order valence-electron chi connectivity index (χ2n) is 4.46. The lowest BCUT2D eigenvalue weighted by molar-refractivity contribution is 0.593. The van der Waals surface area contributed by atoms with E-state index in [4.69, 9.17) is 5.73 Å². The van der Waals surface area contributed by atoms with E-state index in [0.29, 0.717) is 24.6 Å². The van der Waals surface area contributed by atoms with E-state index < -0.39 is 9.84 Å². The minimum Gasteiger partial charge on any atom is -0.369 e. The van der Waals surface area contributed by atoms with Crippen molar-refractivity contribution < 1.29 is 8.42 Å². The van der Waals surface area contributed by atoms with Gasteiger partial charge in [-0.15, -0.1) is 0 Å². The first-order chi connectivity index (χ1) is 8.37. The summed E-state index contributed by atoms with van der Waals surface area (Å²) in [4.78, 5) is 8.51. The zero-order valence-corrected chi connectivity index (χ0v) is 11.2. The summed E-state index contributed by atoms with van der Waals surface area (Å²) in [7, 11) is -2.95. The van der Waals surface area contributed by atoms with Gasteiger partial charge in [0.15, 0.2) is 5.65 Å². The van der Waals surface area contributed by atoms with Crippen LogP contribution in [0.2, 0.25) is 0 Å². The average Bonchev–Trinajstić information content (AvgIpc) is 2.52. The van der Waals surface area contributed by atoms with Crippen LogP contribution in [0.3, 0.4) is 0 Å². The molecule has 0 saturated carbocycles. The smallest absolute Gasteiger partial charge is 0.202 e. The van der Waals surface area contributed by atoms with Crippen LogP contribution in [0.15, 0.2) is 12.3 Å². The van der Waals surface area contributed by atoms with Crippen molar-refractivity contribution in [2.24, 2.45) is 0 Å². The third kappa shape index (κ3) is 2.79. The number of hydrogen-bond acceptors (Lipinski definition) is 5. The molecule has 0 amide bonds. The fourth-order valence-corrected chi connectivity index (χ4v) is 2.49. The molecular weight excluding hydrogens is 252 g/mol. The minimum atomic E-state index is -2.95. The molecule has 0 radical (unpaired) electrons. The van der Waals surface area contributed by atoms with Crippen molar-refractivity contribution in [2.75, 3.05) is 17.7 Å². The van der Waals surface area contributed by atoms with Crippen LogP contribution >= 0.6 is 0 Å². The molecule has 2 N–H and O–H groups in total. The maximum Gasteiger partial charge on any atom is 0.202 e. The number of pyridine rings is 1. The van der Waals surface area contributed by atoms with Crippen LogP contribution in [0.25, 0.3) is 11.2 Å². The first-order valence-corrected chi connectivity index (χ1v) is 7.69. The van der Waals surface area contributed by atoms with Gasteiger partial charge in [-0.05, 0) is 25.0 Å². The number of fused-ring (bicyclic) bond motifs is 1. The van der Waals surface area contributed by atoms with E-state index in [1.165, 1.54) is 6.26 Å². The normalized spacial score (nSPS) is 12.1. The molecule has 0 aliphatic heterocycles. The van der Waals surface area contributed by atoms with Gasteiger partial charge in [-0.2, -0.15) is 0 Å². The molecule has 18 heavy (non-hydrogen) atoms. The summed E-state index contributed by atoms with van der Waals surface area (Å²) in [5, 5.41) is 0. The maximum atomic E-state index is 11.1. The predicted octanol–water partition coefficient (Wildman–Crippen LogP) is 0.757. The number of aromatic nitrogens is 3. The average molecular weight is 268 g/mol. The van der Waals surface area contributed by atoms with Crippen molar-refractivity contribution in [3.8, 4) is 0 Å². The highest BCUT2D eigenvalue weighted by Gasteiger charge is 2.10. The zero-order chi connectivity index (χ0) is 13.3. The molecule has 0 aromatic carbocycles. The Hall–Kier alpha value is -1.63. The van der Waals surface area contributed by atoms with E-state index in [1.54, 1.807) is 10.8 Å². The lowest BCUT2D eigenvalue weighted by Gasteiger charge is -2.04. The number of rotatable bonds is 4. The van der Waals surface area contributed by atoms with Gasteiger partial charge in [-0.1, -0.05) is 0 Å². The second kappa shape index (κ2) is 4.56. The molecule has 0 fully saturated rings. The van der Waals surface area contributed by atoms with Gasteiger partial charge in [0.2, 0.25) is 5.95 Å². The highest BCUT2D eigenvalue weighted by Crippen LogP contribution is 2.17. The lowest BCUT2D eigenvalue weighted by atomic mass is 10.3. The number of aryl methyl sites for hydroxylation is 2. The van der Waals surface area contributed by atoms with Crippen LogP contribution < -0.4 is 5.73 Å². The summed E-state index contributed by atoms with van der Waals surface area (Å²) in [6.07, 6.45) is 3.48. The van der Waals surface area contributed by atoms with Crippen LogP contribution in [-0.4, -0.2) is 35.0 Å². The quantitative estimate of drug-likeness (QED) is 0.883. The van der Waals surface area contributed by atoms with Gasteiger partial charge in [0.1, 0.15) is 15.4 Å². The summed E-state index contributed by atoms with van der Waals surface area (Å²) >= 11 is 0. The lowest BCUT2D eigenvalue weighted by Crippen LogP contribution is -2.09. The van der Waals surface area contributed by atoms with Crippen molar-refractivity contribution >= 4 is 26.9 Å². The van der Waals surface area contributed by atoms with Gasteiger partial charge < -0.3 is 5.73 Å². The molecule has 0 unspecified atom stereocenters.